The fraction of sp³-hybridized carbons (Fsp3) is 0.263. The summed E-state index contributed by atoms with van der Waals surface area (Å²) in [4.78, 5) is 25.6. The van der Waals surface area contributed by atoms with Crippen LogP contribution in [0.2, 0.25) is 0 Å². The SMILES string of the molecule is O=C(Nc1cc(F)cc(N2CCOCC2)c1)c1cc(C(F)(F)F)nc(-n2ccnc2)n1. The lowest BCUT2D eigenvalue weighted by molar-refractivity contribution is -0.141. The van der Waals surface area contributed by atoms with E-state index < -0.39 is 29.3 Å². The van der Waals surface area contributed by atoms with E-state index in [9.17, 15) is 22.4 Å². The monoisotopic (exact) mass is 436 g/mol. The number of ether oxygens (including phenoxy) is 1. The van der Waals surface area contributed by atoms with Gasteiger partial charge in [0.15, 0.2) is 5.69 Å². The molecule has 1 aliphatic rings. The van der Waals surface area contributed by atoms with Crippen molar-refractivity contribution in [1.82, 2.24) is 19.5 Å². The molecule has 0 spiro atoms. The third-order valence-electron chi connectivity index (χ3n) is 4.49. The highest BCUT2D eigenvalue weighted by molar-refractivity contribution is 6.03. The van der Waals surface area contributed by atoms with Crippen molar-refractivity contribution in [3.05, 3.63) is 60.2 Å². The second-order valence-electron chi connectivity index (χ2n) is 6.66. The second-order valence-corrected chi connectivity index (χ2v) is 6.66. The highest BCUT2D eigenvalue weighted by atomic mass is 19.4. The molecule has 1 fully saturated rings. The van der Waals surface area contributed by atoms with E-state index in [1.807, 2.05) is 4.90 Å². The Morgan fingerprint density at radius 3 is 2.55 bits per heavy atom. The number of halogens is 4. The van der Waals surface area contributed by atoms with Gasteiger partial charge in [-0.25, -0.2) is 19.3 Å². The maximum absolute atomic E-state index is 14.1. The van der Waals surface area contributed by atoms with Crippen LogP contribution in [0.3, 0.4) is 0 Å². The van der Waals surface area contributed by atoms with Gasteiger partial charge < -0.3 is 15.0 Å². The van der Waals surface area contributed by atoms with Crippen molar-refractivity contribution < 1.29 is 27.1 Å². The summed E-state index contributed by atoms with van der Waals surface area (Å²) in [6.45, 7) is 2.06. The average molecular weight is 436 g/mol. The van der Waals surface area contributed by atoms with Gasteiger partial charge in [0.2, 0.25) is 5.95 Å². The third-order valence-corrected chi connectivity index (χ3v) is 4.49. The highest BCUT2D eigenvalue weighted by Crippen LogP contribution is 2.29. The van der Waals surface area contributed by atoms with Gasteiger partial charge in [0.1, 0.15) is 17.8 Å². The van der Waals surface area contributed by atoms with Crippen LogP contribution < -0.4 is 10.2 Å². The molecule has 162 valence electrons. The molecule has 1 N–H and O–H groups in total. The molecule has 1 saturated heterocycles. The topological polar surface area (TPSA) is 85.2 Å². The molecule has 0 saturated carbocycles. The number of rotatable bonds is 4. The third kappa shape index (κ3) is 4.79. The maximum atomic E-state index is 14.1. The fourth-order valence-corrected chi connectivity index (χ4v) is 3.03. The zero-order chi connectivity index (χ0) is 22.0. The lowest BCUT2D eigenvalue weighted by Crippen LogP contribution is -2.36. The number of imidazole rings is 1. The summed E-state index contributed by atoms with van der Waals surface area (Å²) in [6.07, 6.45) is -0.907. The zero-order valence-corrected chi connectivity index (χ0v) is 15.9. The lowest BCUT2D eigenvalue weighted by Gasteiger charge is -2.29. The first-order chi connectivity index (χ1) is 14.8. The number of aromatic nitrogens is 4. The summed E-state index contributed by atoms with van der Waals surface area (Å²) in [5.74, 6) is -1.91. The van der Waals surface area contributed by atoms with E-state index in [-0.39, 0.29) is 11.6 Å². The van der Waals surface area contributed by atoms with Crippen LogP contribution in [0.25, 0.3) is 5.95 Å². The molecule has 0 bridgehead atoms. The van der Waals surface area contributed by atoms with E-state index in [4.69, 9.17) is 4.74 Å². The number of anilines is 2. The summed E-state index contributed by atoms with van der Waals surface area (Å²) in [5, 5.41) is 2.41. The van der Waals surface area contributed by atoms with Crippen molar-refractivity contribution >= 4 is 17.3 Å². The van der Waals surface area contributed by atoms with E-state index in [0.717, 1.165) is 10.6 Å². The number of morpholine rings is 1. The molecule has 0 aliphatic carbocycles. The normalized spacial score (nSPS) is 14.5. The van der Waals surface area contributed by atoms with Crippen molar-refractivity contribution in [3.8, 4) is 5.95 Å². The van der Waals surface area contributed by atoms with Gasteiger partial charge in [-0.3, -0.25) is 9.36 Å². The van der Waals surface area contributed by atoms with Crippen LogP contribution in [0.15, 0.2) is 43.0 Å². The highest BCUT2D eigenvalue weighted by Gasteiger charge is 2.34. The van der Waals surface area contributed by atoms with E-state index in [1.54, 1.807) is 0 Å². The second kappa shape index (κ2) is 8.30. The van der Waals surface area contributed by atoms with E-state index in [1.165, 1.54) is 30.9 Å². The Bertz CT molecular complexity index is 1080. The van der Waals surface area contributed by atoms with Gasteiger partial charge in [-0.1, -0.05) is 0 Å². The van der Waals surface area contributed by atoms with Gasteiger partial charge in [0.05, 0.1) is 13.2 Å². The van der Waals surface area contributed by atoms with Gasteiger partial charge in [0.25, 0.3) is 5.91 Å². The predicted octanol–water partition coefficient (Wildman–Crippen LogP) is 2.91. The number of benzene rings is 1. The molecule has 0 radical (unpaired) electrons. The predicted molar refractivity (Wildman–Crippen MR) is 102 cm³/mol. The summed E-state index contributed by atoms with van der Waals surface area (Å²) in [7, 11) is 0. The number of carbonyl (C=O) groups excluding carboxylic acids is 1. The number of hydrogen-bond donors (Lipinski definition) is 1. The van der Waals surface area contributed by atoms with Gasteiger partial charge in [-0.05, 0) is 18.2 Å². The number of carbonyl (C=O) groups is 1. The summed E-state index contributed by atoms with van der Waals surface area (Å²) in [5.41, 5.74) is -1.20. The molecule has 12 heteroatoms. The minimum Gasteiger partial charge on any atom is -0.378 e. The van der Waals surface area contributed by atoms with E-state index >= 15 is 0 Å². The van der Waals surface area contributed by atoms with Crippen LogP contribution >= 0.6 is 0 Å². The van der Waals surface area contributed by atoms with Crippen molar-refractivity contribution in [2.24, 2.45) is 0 Å². The van der Waals surface area contributed by atoms with Crippen LogP contribution in [-0.2, 0) is 10.9 Å². The summed E-state index contributed by atoms with van der Waals surface area (Å²) < 4.78 is 60.4. The number of nitrogens with one attached hydrogen (secondary N) is 1. The Balaban J connectivity index is 1.64. The standard InChI is InChI=1S/C19H16F4N6O2/c20-12-7-13(9-14(8-12)28-3-5-31-6-4-28)25-17(30)15-10-16(19(21,22)23)27-18(26-15)29-2-1-24-11-29/h1-2,7-11H,3-6H2,(H,25,30). The molecular formula is C19H16F4N6O2. The molecule has 4 rings (SSSR count). The molecule has 1 amide bonds. The first-order valence-electron chi connectivity index (χ1n) is 9.19. The van der Waals surface area contributed by atoms with E-state index in [0.29, 0.717) is 38.1 Å². The number of nitrogens with zero attached hydrogens (tertiary/aromatic N) is 5. The van der Waals surface area contributed by atoms with Gasteiger partial charge in [-0.2, -0.15) is 13.2 Å². The minimum atomic E-state index is -4.80. The van der Waals surface area contributed by atoms with Gasteiger partial charge in [0, 0.05) is 42.9 Å². The molecule has 0 atom stereocenters. The smallest absolute Gasteiger partial charge is 0.378 e. The summed E-state index contributed by atoms with van der Waals surface area (Å²) in [6, 6.07) is 4.46. The van der Waals surface area contributed by atoms with Crippen molar-refractivity contribution in [3.63, 3.8) is 0 Å². The molecule has 3 heterocycles. The van der Waals surface area contributed by atoms with Crippen LogP contribution in [0.1, 0.15) is 16.2 Å². The number of amides is 1. The zero-order valence-electron chi connectivity index (χ0n) is 15.9. The van der Waals surface area contributed by atoms with Crippen LogP contribution in [0.4, 0.5) is 28.9 Å². The van der Waals surface area contributed by atoms with Crippen LogP contribution in [0.5, 0.6) is 0 Å². The summed E-state index contributed by atoms with van der Waals surface area (Å²) >= 11 is 0. The lowest BCUT2D eigenvalue weighted by atomic mass is 10.2. The Labute approximate surface area is 173 Å². The van der Waals surface area contributed by atoms with Crippen molar-refractivity contribution in [2.45, 2.75) is 6.18 Å². The maximum Gasteiger partial charge on any atom is 0.433 e. The molecule has 0 unspecified atom stereocenters. The Morgan fingerprint density at radius 2 is 1.87 bits per heavy atom. The molecule has 8 nitrogen and oxygen atoms in total. The molecule has 1 aromatic carbocycles. The largest absolute Gasteiger partial charge is 0.433 e. The number of alkyl halides is 3. The Hall–Kier alpha value is -3.54. The molecule has 1 aliphatic heterocycles. The fourth-order valence-electron chi connectivity index (χ4n) is 3.03. The average Bonchev–Trinajstić information content (AvgIpc) is 3.28. The van der Waals surface area contributed by atoms with Crippen LogP contribution in [0, 0.1) is 5.82 Å². The number of hydrogen-bond acceptors (Lipinski definition) is 6. The van der Waals surface area contributed by atoms with Gasteiger partial charge in [-0.15, -0.1) is 0 Å². The van der Waals surface area contributed by atoms with Crippen LogP contribution in [-0.4, -0.2) is 51.7 Å². The van der Waals surface area contributed by atoms with E-state index in [2.05, 4.69) is 20.3 Å². The quantitative estimate of drug-likeness (QED) is 0.634. The first-order valence-corrected chi connectivity index (χ1v) is 9.19. The molecule has 3 aromatic rings. The minimum absolute atomic E-state index is 0.0860. The van der Waals surface area contributed by atoms with Crippen molar-refractivity contribution in [2.75, 3.05) is 36.5 Å². The molecule has 31 heavy (non-hydrogen) atoms. The first kappa shape index (κ1) is 20.7. The van der Waals surface area contributed by atoms with Crippen molar-refractivity contribution in [1.29, 1.82) is 0 Å². The Morgan fingerprint density at radius 1 is 1.10 bits per heavy atom. The van der Waals surface area contributed by atoms with Gasteiger partial charge >= 0.3 is 6.18 Å². The molecule has 2 aromatic heterocycles. The Kier molecular flexibility index (Phi) is 5.55. The molecular weight excluding hydrogens is 420 g/mol.